The van der Waals surface area contributed by atoms with E-state index in [1.165, 1.54) is 27.7 Å². The predicted molar refractivity (Wildman–Crippen MR) is 179 cm³/mol. The van der Waals surface area contributed by atoms with Gasteiger partial charge in [-0.25, -0.2) is 0 Å². The quantitative estimate of drug-likeness (QED) is 0.0466. The Balaban J connectivity index is -0.000000153. The Morgan fingerprint density at radius 3 is 1.51 bits per heavy atom. The molecule has 0 bridgehead atoms. The van der Waals surface area contributed by atoms with Crippen LogP contribution >= 0.6 is 15.9 Å². The van der Waals surface area contributed by atoms with Crippen LogP contribution in [0.2, 0.25) is 0 Å². The van der Waals surface area contributed by atoms with E-state index in [9.17, 15) is 19.2 Å². The molecule has 0 saturated carbocycles. The number of hydrogen-bond donors (Lipinski definition) is 1. The maximum absolute atomic E-state index is 10.7. The zero-order valence-electron chi connectivity index (χ0n) is 28.4. The normalized spacial score (nSPS) is 12.4. The highest BCUT2D eigenvalue weighted by molar-refractivity contribution is 9.09. The molecule has 13 heteroatoms. The summed E-state index contributed by atoms with van der Waals surface area (Å²) in [6, 6.07) is 0. The third kappa shape index (κ3) is 79.7. The molecule has 1 aliphatic heterocycles. The van der Waals surface area contributed by atoms with Crippen molar-refractivity contribution < 1.29 is 57.4 Å². The highest BCUT2D eigenvalue weighted by atomic mass is 79.9. The van der Waals surface area contributed by atoms with Crippen LogP contribution in [0.25, 0.3) is 0 Å². The first kappa shape index (κ1) is 51.9. The van der Waals surface area contributed by atoms with Gasteiger partial charge in [0.2, 0.25) is 0 Å². The zero-order valence-corrected chi connectivity index (χ0v) is 30.0. The van der Waals surface area contributed by atoms with Gasteiger partial charge in [0.05, 0.1) is 45.7 Å². The molecule has 1 fully saturated rings. The topological polar surface area (TPSA) is 156 Å². The summed E-state index contributed by atoms with van der Waals surface area (Å²) in [7, 11) is 0. The molecule has 1 N–H and O–H groups in total. The van der Waals surface area contributed by atoms with E-state index >= 15 is 0 Å². The molecule has 2 atom stereocenters. The predicted octanol–water partition coefficient (Wildman–Crippen LogP) is 4.92. The van der Waals surface area contributed by atoms with Gasteiger partial charge in [-0.15, -0.1) is 26.3 Å². The summed E-state index contributed by atoms with van der Waals surface area (Å²) in [4.78, 5) is 40.9. The number of aliphatic hydroxyl groups excluding tert-OH is 1. The Labute approximate surface area is 278 Å². The van der Waals surface area contributed by atoms with Gasteiger partial charge in [0.15, 0.2) is 6.10 Å². The van der Waals surface area contributed by atoms with E-state index in [0.29, 0.717) is 32.0 Å². The average molecular weight is 714 g/mol. The number of esters is 4. The SMILES string of the molecule is C=CCBr.C=CCOC(C)C.C=CCOCC(COC(C)=O)OC(C)=O.C=CCOCC1CO1.CC(=O)OC(C)=O.CC(C)O. The van der Waals surface area contributed by atoms with E-state index in [0.717, 1.165) is 18.5 Å². The third-order valence-corrected chi connectivity index (χ3v) is 3.69. The van der Waals surface area contributed by atoms with Crippen molar-refractivity contribution in [2.24, 2.45) is 0 Å². The number of hydrogen-bond acceptors (Lipinski definition) is 12. The van der Waals surface area contributed by atoms with Gasteiger partial charge in [-0.05, 0) is 27.7 Å². The molecule has 1 aliphatic rings. The fourth-order valence-electron chi connectivity index (χ4n) is 1.75. The highest BCUT2D eigenvalue weighted by Crippen LogP contribution is 2.07. The standard InChI is InChI=1S/C10H16O5.C6H10O2.C6H12O.C4H6O3.C3H5Br.C3H8O/c1-4-5-13-6-10(15-9(3)12)7-14-8(2)11;1-2-3-7-4-6-5-8-6;1-4-5-7-6(2)3;1-3(5)7-4(2)6;1-2-3-4;1-3(2)4/h4,10H,1,5-7H2,2-3H3;2,6H,1,3-5H2;4,6H,1,5H2,2-3H3;1-2H3;2H,1,3H2;3-4H,1-2H3. The molecule has 0 radical (unpaired) electrons. The molecule has 12 nitrogen and oxygen atoms in total. The summed E-state index contributed by atoms with van der Waals surface area (Å²) >= 11 is 3.13. The molecule has 0 aromatic carbocycles. The summed E-state index contributed by atoms with van der Waals surface area (Å²) in [5.74, 6) is -1.98. The van der Waals surface area contributed by atoms with Gasteiger partial charge in [-0.1, -0.05) is 40.2 Å². The molecule has 0 spiro atoms. The van der Waals surface area contributed by atoms with Crippen LogP contribution in [0.4, 0.5) is 0 Å². The first-order chi connectivity index (χ1) is 21.0. The largest absolute Gasteiger partial charge is 0.462 e. The van der Waals surface area contributed by atoms with Crippen LogP contribution in [-0.2, 0) is 52.3 Å². The monoisotopic (exact) mass is 712 g/mol. The smallest absolute Gasteiger partial charge is 0.310 e. The van der Waals surface area contributed by atoms with Gasteiger partial charge in [-0.2, -0.15) is 0 Å². The Bertz CT molecular complexity index is 750. The van der Waals surface area contributed by atoms with Crippen LogP contribution in [-0.4, -0.2) is 105 Å². The molecule has 1 rings (SSSR count). The van der Waals surface area contributed by atoms with E-state index in [1.54, 1.807) is 38.2 Å². The molecule has 0 aliphatic carbocycles. The lowest BCUT2D eigenvalue weighted by atomic mass is 10.4. The van der Waals surface area contributed by atoms with Gasteiger partial charge >= 0.3 is 23.9 Å². The fraction of sp³-hybridized carbons (Fsp3) is 0.625. The lowest BCUT2D eigenvalue weighted by Crippen LogP contribution is -2.28. The molecular formula is C32H57BrO12. The number of allylic oxidation sites excluding steroid dienone is 1. The van der Waals surface area contributed by atoms with Crippen molar-refractivity contribution in [2.75, 3.05) is 51.6 Å². The van der Waals surface area contributed by atoms with Crippen LogP contribution in [0.3, 0.4) is 0 Å². The molecule has 45 heavy (non-hydrogen) atoms. The number of ether oxygens (including phenoxy) is 7. The Morgan fingerprint density at radius 1 is 0.800 bits per heavy atom. The van der Waals surface area contributed by atoms with Crippen molar-refractivity contribution in [3.63, 3.8) is 0 Å². The Morgan fingerprint density at radius 2 is 1.24 bits per heavy atom. The summed E-state index contributed by atoms with van der Waals surface area (Å²) < 4.78 is 33.7. The molecule has 0 aromatic rings. The molecule has 264 valence electrons. The third-order valence-electron chi connectivity index (χ3n) is 3.23. The minimum Gasteiger partial charge on any atom is -0.462 e. The molecule has 1 heterocycles. The zero-order chi connectivity index (χ0) is 36.1. The van der Waals surface area contributed by atoms with Gasteiger partial charge in [0.1, 0.15) is 12.7 Å². The van der Waals surface area contributed by atoms with Crippen molar-refractivity contribution in [3.05, 3.63) is 50.6 Å². The van der Waals surface area contributed by atoms with Gasteiger partial charge in [-0.3, -0.25) is 19.2 Å². The summed E-state index contributed by atoms with van der Waals surface area (Å²) in [6.45, 7) is 29.8. The number of rotatable bonds is 15. The number of halogens is 1. The van der Waals surface area contributed by atoms with Crippen LogP contribution in [0.1, 0.15) is 55.4 Å². The number of alkyl halides is 1. The Kier molecular flexibility index (Phi) is 47.6. The maximum Gasteiger partial charge on any atom is 0.310 e. The van der Waals surface area contributed by atoms with Crippen molar-refractivity contribution in [1.82, 2.24) is 0 Å². The number of carbonyl (C=O) groups is 4. The van der Waals surface area contributed by atoms with Crippen molar-refractivity contribution >= 4 is 39.8 Å². The molecule has 0 amide bonds. The number of aliphatic hydroxyl groups is 1. The molecule has 1 saturated heterocycles. The summed E-state index contributed by atoms with van der Waals surface area (Å²) in [5, 5.41) is 8.95. The maximum atomic E-state index is 10.7. The van der Waals surface area contributed by atoms with Crippen LogP contribution in [0.5, 0.6) is 0 Å². The molecule has 0 aromatic heterocycles. The summed E-state index contributed by atoms with van der Waals surface area (Å²) in [6.07, 6.45) is 6.85. The van der Waals surface area contributed by atoms with Crippen molar-refractivity contribution in [2.45, 2.75) is 79.8 Å². The first-order valence-corrected chi connectivity index (χ1v) is 15.2. The lowest BCUT2D eigenvalue weighted by molar-refractivity contribution is -0.159. The van der Waals surface area contributed by atoms with Crippen molar-refractivity contribution in [1.29, 1.82) is 0 Å². The molecular weight excluding hydrogens is 656 g/mol. The highest BCUT2D eigenvalue weighted by Gasteiger charge is 2.21. The van der Waals surface area contributed by atoms with E-state index in [2.05, 4.69) is 47.0 Å². The van der Waals surface area contributed by atoms with Crippen LogP contribution in [0, 0.1) is 0 Å². The minimum absolute atomic E-state index is 0.00601. The lowest BCUT2D eigenvalue weighted by Gasteiger charge is -2.16. The minimum atomic E-state index is -0.564. The second-order valence-electron chi connectivity index (χ2n) is 8.93. The van der Waals surface area contributed by atoms with Crippen molar-refractivity contribution in [3.8, 4) is 0 Å². The van der Waals surface area contributed by atoms with E-state index in [4.69, 9.17) is 33.5 Å². The van der Waals surface area contributed by atoms with Crippen LogP contribution < -0.4 is 0 Å². The number of epoxide rings is 1. The Hall–Kier alpha value is -2.68. The second-order valence-corrected chi connectivity index (χ2v) is 9.58. The average Bonchev–Trinajstić information content (AvgIpc) is 3.75. The first-order valence-electron chi connectivity index (χ1n) is 14.1. The molecule has 2 unspecified atom stereocenters. The van der Waals surface area contributed by atoms with E-state index in [1.807, 2.05) is 13.8 Å². The van der Waals surface area contributed by atoms with E-state index in [-0.39, 0.29) is 19.3 Å². The van der Waals surface area contributed by atoms with Gasteiger partial charge in [0.25, 0.3) is 0 Å². The van der Waals surface area contributed by atoms with Gasteiger partial charge < -0.3 is 38.3 Å². The van der Waals surface area contributed by atoms with Crippen LogP contribution in [0.15, 0.2) is 50.6 Å². The van der Waals surface area contributed by atoms with E-state index < -0.39 is 30.0 Å². The number of carbonyl (C=O) groups excluding carboxylic acids is 4. The second kappa shape index (κ2) is 41.3. The summed E-state index contributed by atoms with van der Waals surface area (Å²) in [5.41, 5.74) is 0. The fourth-order valence-corrected chi connectivity index (χ4v) is 1.75. The van der Waals surface area contributed by atoms with Gasteiger partial charge in [0, 0.05) is 39.1 Å².